The number of rotatable bonds is 3. The summed E-state index contributed by atoms with van der Waals surface area (Å²) in [6, 6.07) is 3.60. The molecule has 1 atom stereocenters. The minimum absolute atomic E-state index is 0.00605. The van der Waals surface area contributed by atoms with Crippen LogP contribution in [-0.4, -0.2) is 20.4 Å². The minimum Gasteiger partial charge on any atom is -0.508 e. The summed E-state index contributed by atoms with van der Waals surface area (Å²) in [4.78, 5) is 13.4. The van der Waals surface area contributed by atoms with Gasteiger partial charge in [-0.25, -0.2) is 0 Å². The third-order valence-corrected chi connectivity index (χ3v) is 5.30. The first-order valence-electron chi connectivity index (χ1n) is 10.1. The molecule has 0 amide bonds. The molecule has 166 valence electrons. The van der Waals surface area contributed by atoms with Crippen molar-refractivity contribution in [3.05, 3.63) is 62.8 Å². The smallest absolute Gasteiger partial charge is 0.204 e. The van der Waals surface area contributed by atoms with E-state index in [0.29, 0.717) is 23.3 Å². The van der Waals surface area contributed by atoms with Crippen LogP contribution in [0.15, 0.2) is 50.7 Å². The molecule has 7 nitrogen and oxygen atoms in total. The van der Waals surface area contributed by atoms with Gasteiger partial charge in [0.2, 0.25) is 5.43 Å². The van der Waals surface area contributed by atoms with E-state index in [1.54, 1.807) is 6.08 Å². The van der Waals surface area contributed by atoms with Crippen molar-refractivity contribution >= 4 is 11.0 Å². The molecule has 4 rings (SSSR count). The Hall–Kier alpha value is -3.87. The van der Waals surface area contributed by atoms with Crippen LogP contribution in [0.5, 0.6) is 28.7 Å². The number of phenols is 4. The van der Waals surface area contributed by atoms with E-state index in [0.717, 1.165) is 17.2 Å². The van der Waals surface area contributed by atoms with Gasteiger partial charge in [0.25, 0.3) is 0 Å². The molecule has 0 aliphatic carbocycles. The number of allylic oxidation sites excluding steroid dienone is 3. The standard InChI is InChI=1S/C25H24O7/c1-11(2)5-6-14-22(29)17(28)10-15-24(14)31-18(7-12(3)4)21-23(30)20-16(27)8-13(26)9-19(20)32-25(15)21/h5,7-10,18,26-29H,6H2,1-4H3/t18-/m1/s1. The number of phenolic OH excluding ortho intramolecular Hbond substituents is 4. The first-order chi connectivity index (χ1) is 15.1. The maximum atomic E-state index is 13.4. The number of fused-ring (bicyclic) bond motifs is 4. The molecule has 0 unspecified atom stereocenters. The third-order valence-electron chi connectivity index (χ3n) is 5.30. The summed E-state index contributed by atoms with van der Waals surface area (Å²) in [6.07, 6.45) is 3.08. The minimum atomic E-state index is -0.842. The van der Waals surface area contributed by atoms with Gasteiger partial charge in [-0.3, -0.25) is 4.79 Å². The Bertz CT molecular complexity index is 1370. The van der Waals surface area contributed by atoms with Crippen LogP contribution in [0.3, 0.4) is 0 Å². The van der Waals surface area contributed by atoms with Crippen LogP contribution in [-0.2, 0) is 6.42 Å². The van der Waals surface area contributed by atoms with E-state index in [4.69, 9.17) is 9.15 Å². The Morgan fingerprint density at radius 3 is 2.38 bits per heavy atom. The first-order valence-corrected chi connectivity index (χ1v) is 10.1. The van der Waals surface area contributed by atoms with Crippen molar-refractivity contribution in [2.24, 2.45) is 0 Å². The molecule has 7 heteroatoms. The van der Waals surface area contributed by atoms with Crippen molar-refractivity contribution < 1.29 is 29.6 Å². The third kappa shape index (κ3) is 3.45. The van der Waals surface area contributed by atoms with E-state index >= 15 is 0 Å². The van der Waals surface area contributed by atoms with Crippen LogP contribution < -0.4 is 10.2 Å². The number of hydrogen-bond acceptors (Lipinski definition) is 7. The largest absolute Gasteiger partial charge is 0.508 e. The van der Waals surface area contributed by atoms with Crippen LogP contribution in [0.1, 0.15) is 44.9 Å². The predicted octanol–water partition coefficient (Wildman–Crippen LogP) is 5.19. The zero-order valence-electron chi connectivity index (χ0n) is 18.2. The normalized spacial score (nSPS) is 14.3. The van der Waals surface area contributed by atoms with Crippen LogP contribution in [0, 0.1) is 0 Å². The molecule has 32 heavy (non-hydrogen) atoms. The van der Waals surface area contributed by atoms with Gasteiger partial charge in [0.15, 0.2) is 11.5 Å². The first kappa shape index (κ1) is 21.4. The van der Waals surface area contributed by atoms with Crippen LogP contribution >= 0.6 is 0 Å². The van der Waals surface area contributed by atoms with E-state index in [1.165, 1.54) is 12.1 Å². The summed E-state index contributed by atoms with van der Waals surface area (Å²) in [5, 5.41) is 41.0. The van der Waals surface area contributed by atoms with Gasteiger partial charge in [0.05, 0.1) is 11.1 Å². The fourth-order valence-electron chi connectivity index (χ4n) is 3.86. The van der Waals surface area contributed by atoms with Crippen molar-refractivity contribution in [3.8, 4) is 40.1 Å². The Labute approximate surface area is 184 Å². The fourth-order valence-corrected chi connectivity index (χ4v) is 3.86. The summed E-state index contributed by atoms with van der Waals surface area (Å²) in [5.41, 5.74) is 2.20. The Balaban J connectivity index is 2.13. The van der Waals surface area contributed by atoms with E-state index in [1.807, 2.05) is 33.8 Å². The van der Waals surface area contributed by atoms with Crippen molar-refractivity contribution in [2.75, 3.05) is 0 Å². The van der Waals surface area contributed by atoms with Crippen molar-refractivity contribution in [2.45, 2.75) is 40.2 Å². The number of benzene rings is 2. The number of ether oxygens (including phenoxy) is 1. The molecule has 4 N–H and O–H groups in total. The summed E-state index contributed by atoms with van der Waals surface area (Å²) in [6.45, 7) is 7.54. The summed E-state index contributed by atoms with van der Waals surface area (Å²) in [5.74, 6) is -0.915. The Morgan fingerprint density at radius 1 is 1.00 bits per heavy atom. The average Bonchev–Trinajstić information content (AvgIpc) is 2.67. The van der Waals surface area contributed by atoms with Gasteiger partial charge in [0.1, 0.15) is 40.1 Å². The number of hydrogen-bond donors (Lipinski definition) is 4. The molecule has 3 aromatic rings. The van der Waals surface area contributed by atoms with Gasteiger partial charge >= 0.3 is 0 Å². The van der Waals surface area contributed by atoms with Gasteiger partial charge in [-0.15, -0.1) is 0 Å². The fraction of sp³-hybridized carbons (Fsp3) is 0.240. The highest BCUT2D eigenvalue weighted by Crippen LogP contribution is 2.51. The second-order valence-corrected chi connectivity index (χ2v) is 8.38. The number of aromatic hydroxyl groups is 4. The molecule has 0 bridgehead atoms. The van der Waals surface area contributed by atoms with E-state index in [9.17, 15) is 25.2 Å². The van der Waals surface area contributed by atoms with Crippen LogP contribution in [0.2, 0.25) is 0 Å². The molecule has 1 aromatic heterocycles. The van der Waals surface area contributed by atoms with Crippen LogP contribution in [0.25, 0.3) is 22.3 Å². The second-order valence-electron chi connectivity index (χ2n) is 8.38. The summed E-state index contributed by atoms with van der Waals surface area (Å²) in [7, 11) is 0. The summed E-state index contributed by atoms with van der Waals surface area (Å²) < 4.78 is 12.2. The molecular weight excluding hydrogens is 412 g/mol. The van der Waals surface area contributed by atoms with Gasteiger partial charge < -0.3 is 29.6 Å². The second kappa shape index (κ2) is 7.67. The lowest BCUT2D eigenvalue weighted by Crippen LogP contribution is -2.23. The quantitative estimate of drug-likeness (QED) is 0.329. The van der Waals surface area contributed by atoms with Gasteiger partial charge in [-0.2, -0.15) is 0 Å². The Morgan fingerprint density at radius 2 is 1.72 bits per heavy atom. The highest BCUT2D eigenvalue weighted by molar-refractivity contribution is 5.89. The lowest BCUT2D eigenvalue weighted by Gasteiger charge is -2.28. The molecule has 0 radical (unpaired) electrons. The van der Waals surface area contributed by atoms with Crippen molar-refractivity contribution in [1.82, 2.24) is 0 Å². The van der Waals surface area contributed by atoms with E-state index < -0.39 is 17.3 Å². The maximum absolute atomic E-state index is 13.4. The maximum Gasteiger partial charge on any atom is 0.204 e. The molecule has 0 spiro atoms. The van der Waals surface area contributed by atoms with Gasteiger partial charge in [-0.1, -0.05) is 17.2 Å². The van der Waals surface area contributed by atoms with E-state index in [2.05, 4.69) is 0 Å². The van der Waals surface area contributed by atoms with Gasteiger partial charge in [0, 0.05) is 17.7 Å². The van der Waals surface area contributed by atoms with Crippen molar-refractivity contribution in [1.29, 1.82) is 0 Å². The molecule has 2 heterocycles. The topological polar surface area (TPSA) is 120 Å². The molecular formula is C25H24O7. The summed E-state index contributed by atoms with van der Waals surface area (Å²) >= 11 is 0. The predicted molar refractivity (Wildman–Crippen MR) is 121 cm³/mol. The SMILES string of the molecule is CC(C)=CCc1c(O)c(O)cc2c1O[C@H](C=C(C)C)c1c-2oc2cc(O)cc(O)c2c1=O. The molecule has 2 aromatic carbocycles. The zero-order valence-corrected chi connectivity index (χ0v) is 18.2. The highest BCUT2D eigenvalue weighted by Gasteiger charge is 2.35. The molecule has 0 saturated carbocycles. The lowest BCUT2D eigenvalue weighted by atomic mass is 9.92. The molecule has 1 aliphatic heterocycles. The zero-order chi connectivity index (χ0) is 23.3. The highest BCUT2D eigenvalue weighted by atomic mass is 16.5. The molecule has 0 saturated heterocycles. The average molecular weight is 436 g/mol. The monoisotopic (exact) mass is 436 g/mol. The van der Waals surface area contributed by atoms with Crippen molar-refractivity contribution in [3.63, 3.8) is 0 Å². The molecule has 0 fully saturated rings. The van der Waals surface area contributed by atoms with Crippen LogP contribution in [0.4, 0.5) is 0 Å². The lowest BCUT2D eigenvalue weighted by molar-refractivity contribution is 0.240. The van der Waals surface area contributed by atoms with E-state index in [-0.39, 0.29) is 39.5 Å². The van der Waals surface area contributed by atoms with Gasteiger partial charge in [-0.05, 0) is 46.3 Å². The Kier molecular flexibility index (Phi) is 5.12. The molecule has 1 aliphatic rings.